The first-order chi connectivity index (χ1) is 8.69. The van der Waals surface area contributed by atoms with E-state index >= 15 is 0 Å². The second-order valence-corrected chi connectivity index (χ2v) is 5.77. The highest BCUT2D eigenvalue weighted by Crippen LogP contribution is 2.39. The summed E-state index contributed by atoms with van der Waals surface area (Å²) in [5, 5.41) is 10.9. The Kier molecular flexibility index (Phi) is 3.04. The first-order valence-electron chi connectivity index (χ1n) is 6.22. The Bertz CT molecular complexity index is 561. The lowest BCUT2D eigenvalue weighted by Gasteiger charge is -2.32. The van der Waals surface area contributed by atoms with Gasteiger partial charge in [-0.1, -0.05) is 34.1 Å². The lowest BCUT2D eigenvalue weighted by atomic mass is 9.79. The van der Waals surface area contributed by atoms with Gasteiger partial charge in [0.25, 0.3) is 0 Å². The van der Waals surface area contributed by atoms with Crippen molar-refractivity contribution in [2.75, 3.05) is 0 Å². The molecule has 1 heterocycles. The van der Waals surface area contributed by atoms with Crippen molar-refractivity contribution >= 4 is 15.9 Å². The smallest absolute Gasteiger partial charge is 0.109 e. The molecular weight excluding hydrogens is 292 g/mol. The number of benzene rings is 1. The molecule has 2 aromatic rings. The minimum atomic E-state index is -0.787. The molecule has 0 amide bonds. The summed E-state index contributed by atoms with van der Waals surface area (Å²) in [5.74, 6) is 0.941. The molecule has 1 atom stereocenters. The molecule has 1 N–H and O–H groups in total. The summed E-state index contributed by atoms with van der Waals surface area (Å²) in [6, 6.07) is 9.96. The van der Waals surface area contributed by atoms with Crippen LogP contribution < -0.4 is 0 Å². The predicted molar refractivity (Wildman–Crippen MR) is 73.4 cm³/mol. The fraction of sp³-hybridized carbons (Fsp3) is 0.333. The van der Waals surface area contributed by atoms with Crippen LogP contribution in [0.25, 0.3) is 0 Å². The average molecular weight is 307 g/mol. The fourth-order valence-corrected chi connectivity index (χ4v) is 3.19. The van der Waals surface area contributed by atoms with Gasteiger partial charge in [0, 0.05) is 22.9 Å². The number of aryl methyl sites for hydroxylation is 1. The molecule has 0 bridgehead atoms. The van der Waals surface area contributed by atoms with Gasteiger partial charge in [0.2, 0.25) is 0 Å². The SMILES string of the molecule is OC1(Cc2ccccc2Br)CCCc2occc21. The number of rotatable bonds is 2. The Morgan fingerprint density at radius 1 is 1.28 bits per heavy atom. The number of furan rings is 1. The standard InChI is InChI=1S/C15H15BrO2/c16-13-5-2-1-4-11(13)10-15(17)8-3-6-14-12(15)7-9-18-14/h1-2,4-5,7,9,17H,3,6,8,10H2. The minimum Gasteiger partial charge on any atom is -0.469 e. The molecule has 0 aliphatic heterocycles. The van der Waals surface area contributed by atoms with Crippen LogP contribution in [-0.4, -0.2) is 5.11 Å². The molecule has 1 aromatic heterocycles. The van der Waals surface area contributed by atoms with Crippen LogP contribution in [0, 0.1) is 0 Å². The summed E-state index contributed by atoms with van der Waals surface area (Å²) in [6.07, 6.45) is 5.00. The number of halogens is 1. The summed E-state index contributed by atoms with van der Waals surface area (Å²) in [5.41, 5.74) is 1.31. The van der Waals surface area contributed by atoms with Gasteiger partial charge in [0.15, 0.2) is 0 Å². The quantitative estimate of drug-likeness (QED) is 0.915. The summed E-state index contributed by atoms with van der Waals surface area (Å²) >= 11 is 3.54. The minimum absolute atomic E-state index is 0.626. The van der Waals surface area contributed by atoms with Crippen molar-refractivity contribution in [3.8, 4) is 0 Å². The van der Waals surface area contributed by atoms with Gasteiger partial charge >= 0.3 is 0 Å². The molecule has 0 spiro atoms. The van der Waals surface area contributed by atoms with E-state index in [0.717, 1.165) is 40.6 Å². The molecule has 94 valence electrons. The normalized spacial score (nSPS) is 22.8. The van der Waals surface area contributed by atoms with Crippen LogP contribution in [0.15, 0.2) is 45.5 Å². The summed E-state index contributed by atoms with van der Waals surface area (Å²) in [4.78, 5) is 0. The second-order valence-electron chi connectivity index (χ2n) is 4.91. The first-order valence-corrected chi connectivity index (χ1v) is 7.01. The zero-order valence-corrected chi connectivity index (χ0v) is 11.6. The zero-order valence-electron chi connectivity index (χ0n) is 10.0. The molecule has 0 saturated heterocycles. The van der Waals surface area contributed by atoms with Gasteiger partial charge in [-0.05, 0) is 30.5 Å². The first kappa shape index (κ1) is 12.0. The molecule has 1 unspecified atom stereocenters. The van der Waals surface area contributed by atoms with E-state index in [-0.39, 0.29) is 0 Å². The van der Waals surface area contributed by atoms with Crippen LogP contribution >= 0.6 is 15.9 Å². The fourth-order valence-electron chi connectivity index (χ4n) is 2.77. The van der Waals surface area contributed by atoms with E-state index in [2.05, 4.69) is 22.0 Å². The van der Waals surface area contributed by atoms with Gasteiger partial charge in [-0.3, -0.25) is 0 Å². The number of hydrogen-bond donors (Lipinski definition) is 1. The maximum absolute atomic E-state index is 10.9. The Labute approximate surface area is 115 Å². The third-order valence-electron chi connectivity index (χ3n) is 3.68. The molecular formula is C15H15BrO2. The monoisotopic (exact) mass is 306 g/mol. The van der Waals surface area contributed by atoms with Gasteiger partial charge in [0.05, 0.1) is 11.9 Å². The van der Waals surface area contributed by atoms with Crippen LogP contribution in [0.3, 0.4) is 0 Å². The third-order valence-corrected chi connectivity index (χ3v) is 4.46. The molecule has 0 saturated carbocycles. The lowest BCUT2D eigenvalue weighted by molar-refractivity contribution is 0.0167. The summed E-state index contributed by atoms with van der Waals surface area (Å²) < 4.78 is 6.50. The average Bonchev–Trinajstić information content (AvgIpc) is 2.82. The van der Waals surface area contributed by atoms with Crippen molar-refractivity contribution in [1.29, 1.82) is 0 Å². The Balaban J connectivity index is 1.96. The van der Waals surface area contributed by atoms with E-state index in [1.165, 1.54) is 0 Å². The Morgan fingerprint density at radius 3 is 2.94 bits per heavy atom. The topological polar surface area (TPSA) is 33.4 Å². The van der Waals surface area contributed by atoms with Crippen LogP contribution in [0.2, 0.25) is 0 Å². The summed E-state index contributed by atoms with van der Waals surface area (Å²) in [6.45, 7) is 0. The Hall–Kier alpha value is -1.06. The molecule has 1 aliphatic carbocycles. The van der Waals surface area contributed by atoms with Gasteiger partial charge in [-0.2, -0.15) is 0 Å². The number of hydrogen-bond acceptors (Lipinski definition) is 2. The maximum atomic E-state index is 10.9. The maximum Gasteiger partial charge on any atom is 0.109 e. The van der Waals surface area contributed by atoms with Gasteiger partial charge in [-0.25, -0.2) is 0 Å². The Morgan fingerprint density at radius 2 is 2.11 bits per heavy atom. The molecule has 3 rings (SSSR count). The van der Waals surface area contributed by atoms with Crippen LogP contribution in [-0.2, 0) is 18.4 Å². The van der Waals surface area contributed by atoms with Crippen LogP contribution in [0.4, 0.5) is 0 Å². The lowest BCUT2D eigenvalue weighted by Crippen LogP contribution is -2.32. The van der Waals surface area contributed by atoms with E-state index < -0.39 is 5.60 Å². The van der Waals surface area contributed by atoms with Crippen molar-refractivity contribution < 1.29 is 9.52 Å². The van der Waals surface area contributed by atoms with E-state index in [1.807, 2.05) is 24.3 Å². The number of fused-ring (bicyclic) bond motifs is 1. The van der Waals surface area contributed by atoms with Crippen molar-refractivity contribution in [2.24, 2.45) is 0 Å². The molecule has 18 heavy (non-hydrogen) atoms. The third kappa shape index (κ3) is 2.02. The summed E-state index contributed by atoms with van der Waals surface area (Å²) in [7, 11) is 0. The van der Waals surface area contributed by atoms with E-state index in [9.17, 15) is 5.11 Å². The predicted octanol–water partition coefficient (Wildman–Crippen LogP) is 3.81. The molecule has 1 aromatic carbocycles. The van der Waals surface area contributed by atoms with E-state index in [1.54, 1.807) is 6.26 Å². The van der Waals surface area contributed by atoms with Crippen molar-refractivity contribution in [1.82, 2.24) is 0 Å². The van der Waals surface area contributed by atoms with E-state index in [4.69, 9.17) is 4.42 Å². The van der Waals surface area contributed by atoms with E-state index in [0.29, 0.717) is 6.42 Å². The molecule has 1 aliphatic rings. The van der Waals surface area contributed by atoms with Gasteiger partial charge in [-0.15, -0.1) is 0 Å². The second kappa shape index (κ2) is 4.56. The molecule has 0 fully saturated rings. The van der Waals surface area contributed by atoms with Crippen LogP contribution in [0.5, 0.6) is 0 Å². The van der Waals surface area contributed by atoms with Gasteiger partial charge < -0.3 is 9.52 Å². The van der Waals surface area contributed by atoms with Crippen molar-refractivity contribution in [2.45, 2.75) is 31.3 Å². The zero-order chi connectivity index (χ0) is 12.6. The van der Waals surface area contributed by atoms with Crippen LogP contribution in [0.1, 0.15) is 29.7 Å². The highest BCUT2D eigenvalue weighted by molar-refractivity contribution is 9.10. The molecule has 0 radical (unpaired) electrons. The molecule has 3 heteroatoms. The van der Waals surface area contributed by atoms with Crippen molar-refractivity contribution in [3.63, 3.8) is 0 Å². The van der Waals surface area contributed by atoms with Crippen molar-refractivity contribution in [3.05, 3.63) is 58.0 Å². The van der Waals surface area contributed by atoms with Gasteiger partial charge in [0.1, 0.15) is 5.76 Å². The molecule has 2 nitrogen and oxygen atoms in total. The largest absolute Gasteiger partial charge is 0.469 e. The highest BCUT2D eigenvalue weighted by Gasteiger charge is 2.36. The number of aliphatic hydroxyl groups is 1. The highest BCUT2D eigenvalue weighted by atomic mass is 79.9.